The van der Waals surface area contributed by atoms with Crippen molar-refractivity contribution < 1.29 is 19.4 Å². The van der Waals surface area contributed by atoms with Crippen molar-refractivity contribution in [3.8, 4) is 0 Å². The molecule has 1 saturated heterocycles. The molecule has 174 valence electrons. The highest BCUT2D eigenvalue weighted by Crippen LogP contribution is 2.32. The molecule has 0 spiro atoms. The Labute approximate surface area is 194 Å². The smallest absolute Gasteiger partial charge is 0.415 e. The van der Waals surface area contributed by atoms with E-state index in [0.717, 1.165) is 47.2 Å². The molecule has 1 aliphatic rings. The summed E-state index contributed by atoms with van der Waals surface area (Å²) in [5.74, 6) is 0. The fraction of sp³-hybridized carbons (Fsp3) is 0.385. The molecule has 0 saturated carbocycles. The Morgan fingerprint density at radius 1 is 0.970 bits per heavy atom. The van der Waals surface area contributed by atoms with E-state index in [1.54, 1.807) is 11.1 Å². The third-order valence-electron chi connectivity index (χ3n) is 6.04. The van der Waals surface area contributed by atoms with Crippen LogP contribution in [0.2, 0.25) is 0 Å². The minimum absolute atomic E-state index is 0.273. The van der Waals surface area contributed by atoms with E-state index in [0.29, 0.717) is 13.1 Å². The minimum Gasteiger partial charge on any atom is -0.464 e. The fourth-order valence-corrected chi connectivity index (χ4v) is 4.44. The van der Waals surface area contributed by atoms with Gasteiger partial charge in [0.1, 0.15) is 6.61 Å². The number of benzene rings is 2. The van der Waals surface area contributed by atoms with Crippen molar-refractivity contribution in [2.75, 3.05) is 26.2 Å². The van der Waals surface area contributed by atoms with Gasteiger partial charge >= 0.3 is 12.2 Å². The van der Waals surface area contributed by atoms with Crippen molar-refractivity contribution in [3.63, 3.8) is 0 Å². The number of aromatic nitrogens is 1. The Bertz CT molecular complexity index is 1140. The first-order valence-corrected chi connectivity index (χ1v) is 11.3. The number of amides is 1. The van der Waals surface area contributed by atoms with Gasteiger partial charge < -0.3 is 14.7 Å². The molecular formula is C26H31N3O4. The largest absolute Gasteiger partial charge is 0.464 e. The summed E-state index contributed by atoms with van der Waals surface area (Å²) in [4.78, 5) is 28.2. The Kier molecular flexibility index (Phi) is 6.42. The number of ether oxygens (including phenoxy) is 1. The van der Waals surface area contributed by atoms with E-state index < -0.39 is 6.09 Å². The molecule has 4 rings (SSSR count). The number of rotatable bonds is 4. The predicted octanol–water partition coefficient (Wildman–Crippen LogP) is 4.92. The first-order valence-electron chi connectivity index (χ1n) is 11.3. The molecule has 7 nitrogen and oxygen atoms in total. The Morgan fingerprint density at radius 3 is 2.30 bits per heavy atom. The average Bonchev–Trinajstić information content (AvgIpc) is 3.18. The molecule has 2 heterocycles. The van der Waals surface area contributed by atoms with E-state index in [9.17, 15) is 14.7 Å². The lowest BCUT2D eigenvalue weighted by atomic mass is 9.89. The number of hydrogen-bond acceptors (Lipinski definition) is 4. The van der Waals surface area contributed by atoms with Crippen LogP contribution in [0.5, 0.6) is 0 Å². The minimum atomic E-state index is -0.965. The SMILES string of the molecule is CC(C)(C)c1c2ccc(CN3CCN(C(=O)OCc4ccccc4)CC3)cc2cn1C(=O)O. The second-order valence-electron chi connectivity index (χ2n) is 9.61. The quantitative estimate of drug-likeness (QED) is 0.612. The average molecular weight is 450 g/mol. The van der Waals surface area contributed by atoms with Crippen LogP contribution in [0.1, 0.15) is 37.6 Å². The Balaban J connectivity index is 1.37. The molecule has 0 aliphatic carbocycles. The summed E-state index contributed by atoms with van der Waals surface area (Å²) in [5.41, 5.74) is 2.63. The van der Waals surface area contributed by atoms with Gasteiger partial charge in [-0.05, 0) is 17.2 Å². The van der Waals surface area contributed by atoms with E-state index in [2.05, 4.69) is 17.0 Å². The molecule has 0 atom stereocenters. The van der Waals surface area contributed by atoms with Crippen molar-refractivity contribution in [1.29, 1.82) is 0 Å². The Morgan fingerprint density at radius 2 is 1.67 bits per heavy atom. The highest BCUT2D eigenvalue weighted by Gasteiger charge is 2.26. The highest BCUT2D eigenvalue weighted by atomic mass is 16.6. The molecule has 33 heavy (non-hydrogen) atoms. The number of carbonyl (C=O) groups is 2. The second kappa shape index (κ2) is 9.27. The second-order valence-corrected chi connectivity index (χ2v) is 9.61. The zero-order chi connectivity index (χ0) is 23.6. The van der Waals surface area contributed by atoms with Crippen LogP contribution in [0.15, 0.2) is 54.7 Å². The van der Waals surface area contributed by atoms with Crippen molar-refractivity contribution >= 4 is 23.0 Å². The van der Waals surface area contributed by atoms with Crippen LogP contribution in [-0.2, 0) is 23.3 Å². The molecule has 1 aromatic heterocycles. The molecule has 1 aliphatic heterocycles. The predicted molar refractivity (Wildman–Crippen MR) is 128 cm³/mol. The molecule has 7 heteroatoms. The number of fused-ring (bicyclic) bond motifs is 1. The summed E-state index contributed by atoms with van der Waals surface area (Å²) in [6.45, 7) is 9.90. The van der Waals surface area contributed by atoms with Gasteiger partial charge in [0, 0.05) is 60.8 Å². The van der Waals surface area contributed by atoms with Gasteiger partial charge in [0.25, 0.3) is 0 Å². The van der Waals surface area contributed by atoms with Crippen LogP contribution in [0, 0.1) is 0 Å². The molecule has 1 fully saturated rings. The third kappa shape index (κ3) is 5.20. The number of hydrogen-bond donors (Lipinski definition) is 1. The van der Waals surface area contributed by atoms with Gasteiger partial charge in [0.15, 0.2) is 0 Å². The fourth-order valence-electron chi connectivity index (χ4n) is 4.44. The van der Waals surface area contributed by atoms with Gasteiger partial charge in [-0.1, -0.05) is 63.2 Å². The summed E-state index contributed by atoms with van der Waals surface area (Å²) >= 11 is 0. The summed E-state index contributed by atoms with van der Waals surface area (Å²) < 4.78 is 6.79. The van der Waals surface area contributed by atoms with E-state index in [1.165, 1.54) is 4.57 Å². The lowest BCUT2D eigenvalue weighted by Crippen LogP contribution is -2.48. The van der Waals surface area contributed by atoms with E-state index in [1.807, 2.05) is 57.2 Å². The topological polar surface area (TPSA) is 75.0 Å². The molecule has 0 bridgehead atoms. The first kappa shape index (κ1) is 22.9. The molecule has 0 radical (unpaired) electrons. The Hall–Kier alpha value is -3.32. The maximum Gasteiger partial charge on any atom is 0.415 e. The molecule has 2 aromatic carbocycles. The standard InChI is InChI=1S/C26H31N3O4/c1-26(2,3)23-22-10-9-20(15-21(22)17-29(23)24(30)31)16-27-11-13-28(14-12-27)25(32)33-18-19-7-5-4-6-8-19/h4-10,15,17H,11-14,16,18H2,1-3H3,(H,30,31). The van der Waals surface area contributed by atoms with Gasteiger partial charge in [-0.25, -0.2) is 9.59 Å². The molecule has 1 amide bonds. The van der Waals surface area contributed by atoms with Crippen LogP contribution in [0.4, 0.5) is 9.59 Å². The number of piperazine rings is 1. The van der Waals surface area contributed by atoms with Gasteiger partial charge in [0.2, 0.25) is 0 Å². The van der Waals surface area contributed by atoms with Gasteiger partial charge in [0.05, 0.1) is 0 Å². The van der Waals surface area contributed by atoms with Crippen LogP contribution in [0.25, 0.3) is 10.8 Å². The van der Waals surface area contributed by atoms with Crippen LogP contribution >= 0.6 is 0 Å². The van der Waals surface area contributed by atoms with E-state index >= 15 is 0 Å². The zero-order valence-electron chi connectivity index (χ0n) is 19.5. The number of carboxylic acid groups (broad SMARTS) is 1. The lowest BCUT2D eigenvalue weighted by Gasteiger charge is -2.34. The summed E-state index contributed by atoms with van der Waals surface area (Å²) in [5, 5.41) is 11.6. The first-order chi connectivity index (χ1) is 15.7. The van der Waals surface area contributed by atoms with Crippen molar-refractivity contribution in [1.82, 2.24) is 14.4 Å². The maximum atomic E-state index is 12.4. The van der Waals surface area contributed by atoms with Crippen LogP contribution < -0.4 is 0 Å². The summed E-state index contributed by atoms with van der Waals surface area (Å²) in [6, 6.07) is 15.9. The van der Waals surface area contributed by atoms with Gasteiger partial charge in [-0.3, -0.25) is 9.47 Å². The van der Waals surface area contributed by atoms with Crippen molar-refractivity contribution in [3.05, 3.63) is 71.5 Å². The maximum absolute atomic E-state index is 12.4. The van der Waals surface area contributed by atoms with E-state index in [4.69, 9.17) is 4.74 Å². The monoisotopic (exact) mass is 449 g/mol. The van der Waals surface area contributed by atoms with Crippen molar-refractivity contribution in [2.24, 2.45) is 0 Å². The normalized spacial score (nSPS) is 15.1. The number of carbonyl (C=O) groups excluding carboxylic acids is 1. The molecule has 0 unspecified atom stereocenters. The summed E-state index contributed by atoms with van der Waals surface area (Å²) in [7, 11) is 0. The van der Waals surface area contributed by atoms with E-state index in [-0.39, 0.29) is 18.1 Å². The molecular weight excluding hydrogens is 418 g/mol. The van der Waals surface area contributed by atoms with Gasteiger partial charge in [-0.2, -0.15) is 0 Å². The third-order valence-corrected chi connectivity index (χ3v) is 6.04. The summed E-state index contributed by atoms with van der Waals surface area (Å²) in [6.07, 6.45) is 0.472. The molecule has 1 N–H and O–H groups in total. The number of nitrogens with zero attached hydrogens (tertiary/aromatic N) is 3. The highest BCUT2D eigenvalue weighted by molar-refractivity contribution is 5.91. The van der Waals surface area contributed by atoms with Crippen LogP contribution in [-0.4, -0.2) is 57.8 Å². The zero-order valence-corrected chi connectivity index (χ0v) is 19.5. The van der Waals surface area contributed by atoms with Crippen LogP contribution in [0.3, 0.4) is 0 Å². The molecule has 3 aromatic rings. The van der Waals surface area contributed by atoms with Gasteiger partial charge in [-0.15, -0.1) is 0 Å². The lowest BCUT2D eigenvalue weighted by molar-refractivity contribution is 0.0700. The van der Waals surface area contributed by atoms with Crippen molar-refractivity contribution in [2.45, 2.75) is 39.3 Å².